The molecule has 1 aromatic carbocycles. The molecule has 0 bridgehead atoms. The number of benzene rings is 1. The molecule has 31 heavy (non-hydrogen) atoms. The summed E-state index contributed by atoms with van der Waals surface area (Å²) < 4.78 is 0. The number of nitrogens with one attached hydrogen (secondary N) is 2. The van der Waals surface area contributed by atoms with E-state index < -0.39 is 11.4 Å². The van der Waals surface area contributed by atoms with Crippen molar-refractivity contribution in [2.45, 2.75) is 38.1 Å². The zero-order chi connectivity index (χ0) is 22.6. The number of piperidine rings is 1. The lowest BCUT2D eigenvalue weighted by Gasteiger charge is -2.40. The molecule has 1 fully saturated rings. The van der Waals surface area contributed by atoms with E-state index in [1.807, 2.05) is 6.92 Å². The van der Waals surface area contributed by atoms with Gasteiger partial charge in [0.05, 0.1) is 16.2 Å². The Balaban J connectivity index is 1.63. The van der Waals surface area contributed by atoms with Crippen molar-refractivity contribution in [3.05, 3.63) is 34.4 Å². The molecule has 11 heteroatoms. The van der Waals surface area contributed by atoms with Gasteiger partial charge in [-0.25, -0.2) is 15.4 Å². The molecule has 1 aromatic heterocycles. The fourth-order valence-corrected chi connectivity index (χ4v) is 3.87. The number of nitrogens with two attached hydrogens (primary N) is 1. The van der Waals surface area contributed by atoms with E-state index in [-0.39, 0.29) is 24.6 Å². The molecule has 0 unspecified atom stereocenters. The van der Waals surface area contributed by atoms with Gasteiger partial charge in [0.25, 0.3) is 0 Å². The van der Waals surface area contributed by atoms with Crippen LogP contribution in [0.5, 0.6) is 0 Å². The van der Waals surface area contributed by atoms with Crippen molar-refractivity contribution in [3.63, 3.8) is 0 Å². The van der Waals surface area contributed by atoms with Crippen LogP contribution in [0.4, 0.5) is 11.6 Å². The lowest BCUT2D eigenvalue weighted by Crippen LogP contribution is -2.53. The summed E-state index contributed by atoms with van der Waals surface area (Å²) in [5, 5.41) is 12.3. The first kappa shape index (κ1) is 23.1. The third-order valence-corrected chi connectivity index (χ3v) is 6.15. The minimum absolute atomic E-state index is 0.0151. The second-order valence-electron chi connectivity index (χ2n) is 7.69. The molecule has 1 aliphatic heterocycles. The Labute approximate surface area is 189 Å². The SMILES string of the molecule is CC1(NC(=O)CCC(=O)NO)CCN(c2cnc(-c3cccc(Cl)c3Cl)c(N)n2)CC1. The minimum atomic E-state index is -0.589. The normalized spacial score (nSPS) is 15.4. The predicted octanol–water partition coefficient (Wildman–Crippen LogP) is 2.79. The summed E-state index contributed by atoms with van der Waals surface area (Å²) in [5.41, 5.74) is 8.37. The number of amides is 2. The van der Waals surface area contributed by atoms with Crippen LogP contribution < -0.4 is 21.4 Å². The zero-order valence-electron chi connectivity index (χ0n) is 17.0. The molecule has 2 amide bonds. The van der Waals surface area contributed by atoms with Crippen molar-refractivity contribution in [2.24, 2.45) is 0 Å². The van der Waals surface area contributed by atoms with Crippen LogP contribution in [0, 0.1) is 0 Å². The topological polar surface area (TPSA) is 133 Å². The molecule has 0 radical (unpaired) electrons. The molecule has 2 heterocycles. The van der Waals surface area contributed by atoms with Crippen molar-refractivity contribution in [3.8, 4) is 11.3 Å². The van der Waals surface area contributed by atoms with E-state index in [4.69, 9.17) is 34.1 Å². The van der Waals surface area contributed by atoms with E-state index in [1.54, 1.807) is 24.4 Å². The summed E-state index contributed by atoms with van der Waals surface area (Å²) >= 11 is 12.4. The van der Waals surface area contributed by atoms with Crippen molar-refractivity contribution < 1.29 is 14.8 Å². The van der Waals surface area contributed by atoms with Crippen LogP contribution in [-0.4, -0.2) is 45.6 Å². The lowest BCUT2D eigenvalue weighted by molar-refractivity contribution is -0.132. The third kappa shape index (κ3) is 5.55. The second-order valence-corrected chi connectivity index (χ2v) is 8.48. The molecule has 1 saturated heterocycles. The first-order chi connectivity index (χ1) is 14.7. The molecule has 0 atom stereocenters. The zero-order valence-corrected chi connectivity index (χ0v) is 18.5. The number of anilines is 2. The largest absolute Gasteiger partial charge is 0.382 e. The number of rotatable bonds is 6. The smallest absolute Gasteiger partial charge is 0.243 e. The van der Waals surface area contributed by atoms with Crippen molar-refractivity contribution in [2.75, 3.05) is 23.7 Å². The molecule has 0 saturated carbocycles. The van der Waals surface area contributed by atoms with Gasteiger partial charge < -0.3 is 16.0 Å². The number of carbonyl (C=O) groups is 2. The minimum Gasteiger partial charge on any atom is -0.382 e. The Bertz CT molecular complexity index is 979. The van der Waals surface area contributed by atoms with Crippen LogP contribution in [-0.2, 0) is 9.59 Å². The van der Waals surface area contributed by atoms with Gasteiger partial charge in [-0.3, -0.25) is 14.8 Å². The lowest BCUT2D eigenvalue weighted by atomic mass is 9.89. The monoisotopic (exact) mass is 466 g/mol. The van der Waals surface area contributed by atoms with Crippen molar-refractivity contribution in [1.82, 2.24) is 20.8 Å². The number of aromatic nitrogens is 2. The Morgan fingerprint density at radius 3 is 2.55 bits per heavy atom. The maximum Gasteiger partial charge on any atom is 0.243 e. The molecule has 5 N–H and O–H groups in total. The molecule has 166 valence electrons. The van der Waals surface area contributed by atoms with Gasteiger partial charge in [-0.15, -0.1) is 0 Å². The average molecular weight is 467 g/mol. The van der Waals surface area contributed by atoms with Crippen LogP contribution in [0.3, 0.4) is 0 Å². The second kappa shape index (κ2) is 9.67. The number of nitrogen functional groups attached to an aromatic ring is 1. The average Bonchev–Trinajstić information content (AvgIpc) is 2.74. The van der Waals surface area contributed by atoms with Crippen LogP contribution in [0.25, 0.3) is 11.3 Å². The Kier molecular flexibility index (Phi) is 7.19. The highest BCUT2D eigenvalue weighted by Gasteiger charge is 2.32. The number of nitrogens with zero attached hydrogens (tertiary/aromatic N) is 3. The van der Waals surface area contributed by atoms with Crippen molar-refractivity contribution >= 4 is 46.7 Å². The van der Waals surface area contributed by atoms with Gasteiger partial charge in [0.1, 0.15) is 11.5 Å². The number of halogens is 2. The van der Waals surface area contributed by atoms with Gasteiger partial charge in [0, 0.05) is 37.0 Å². The summed E-state index contributed by atoms with van der Waals surface area (Å²) in [5.74, 6) is 0.0815. The summed E-state index contributed by atoms with van der Waals surface area (Å²) in [6.45, 7) is 3.28. The fraction of sp³-hybridized carbons (Fsp3) is 0.400. The van der Waals surface area contributed by atoms with Gasteiger partial charge in [-0.05, 0) is 25.8 Å². The number of hydrogen-bond donors (Lipinski definition) is 4. The fourth-order valence-electron chi connectivity index (χ4n) is 3.48. The summed E-state index contributed by atoms with van der Waals surface area (Å²) in [6.07, 6.45) is 2.98. The quantitative estimate of drug-likeness (QED) is 0.379. The summed E-state index contributed by atoms with van der Waals surface area (Å²) in [7, 11) is 0. The van der Waals surface area contributed by atoms with Gasteiger partial charge in [0.2, 0.25) is 11.8 Å². The summed E-state index contributed by atoms with van der Waals surface area (Å²) in [6, 6.07) is 5.25. The van der Waals surface area contributed by atoms with E-state index in [0.29, 0.717) is 53.1 Å². The number of carbonyl (C=O) groups excluding carboxylic acids is 2. The first-order valence-corrected chi connectivity index (χ1v) is 10.5. The Morgan fingerprint density at radius 2 is 1.90 bits per heavy atom. The predicted molar refractivity (Wildman–Crippen MR) is 119 cm³/mol. The van der Waals surface area contributed by atoms with E-state index in [1.165, 1.54) is 5.48 Å². The molecular weight excluding hydrogens is 443 g/mol. The Hall–Kier alpha value is -2.62. The van der Waals surface area contributed by atoms with E-state index in [9.17, 15) is 9.59 Å². The van der Waals surface area contributed by atoms with Gasteiger partial charge in [-0.2, -0.15) is 0 Å². The molecule has 0 aliphatic carbocycles. The summed E-state index contributed by atoms with van der Waals surface area (Å²) in [4.78, 5) is 34.2. The third-order valence-electron chi connectivity index (χ3n) is 5.33. The highest BCUT2D eigenvalue weighted by Crippen LogP contribution is 2.35. The van der Waals surface area contributed by atoms with E-state index in [2.05, 4.69) is 20.2 Å². The van der Waals surface area contributed by atoms with Crippen LogP contribution >= 0.6 is 23.2 Å². The molecular formula is C20H24Cl2N6O3. The Morgan fingerprint density at radius 1 is 1.23 bits per heavy atom. The maximum atomic E-state index is 12.1. The molecule has 1 aliphatic rings. The van der Waals surface area contributed by atoms with Gasteiger partial charge in [-0.1, -0.05) is 35.3 Å². The van der Waals surface area contributed by atoms with E-state index in [0.717, 1.165) is 0 Å². The first-order valence-electron chi connectivity index (χ1n) is 9.78. The number of hydroxylamine groups is 1. The van der Waals surface area contributed by atoms with E-state index >= 15 is 0 Å². The molecule has 0 spiro atoms. The van der Waals surface area contributed by atoms with Crippen LogP contribution in [0.15, 0.2) is 24.4 Å². The van der Waals surface area contributed by atoms with Crippen molar-refractivity contribution in [1.29, 1.82) is 0 Å². The number of hydrogen-bond acceptors (Lipinski definition) is 7. The molecule has 3 rings (SSSR count). The van der Waals surface area contributed by atoms with Gasteiger partial charge >= 0.3 is 0 Å². The standard InChI is InChI=1S/C20H24Cl2N6O3/c1-20(26-15(29)5-6-16(30)27-31)7-9-28(10-8-20)14-11-24-18(19(23)25-14)12-3-2-4-13(21)17(12)22/h2-4,11,31H,5-10H2,1H3,(H2,23,25)(H,26,29)(H,27,30). The highest BCUT2D eigenvalue weighted by atomic mass is 35.5. The maximum absolute atomic E-state index is 12.1. The van der Waals surface area contributed by atoms with Crippen LogP contribution in [0.1, 0.15) is 32.6 Å². The molecule has 2 aromatic rings. The van der Waals surface area contributed by atoms with Crippen LogP contribution in [0.2, 0.25) is 10.0 Å². The highest BCUT2D eigenvalue weighted by molar-refractivity contribution is 6.43. The molecule has 9 nitrogen and oxygen atoms in total. The van der Waals surface area contributed by atoms with Gasteiger partial charge in [0.15, 0.2) is 5.82 Å².